The Labute approximate surface area is 90.3 Å². The number of nitrogens with one attached hydrogen (secondary N) is 1. The van der Waals surface area contributed by atoms with E-state index in [0.717, 1.165) is 25.4 Å². The van der Waals surface area contributed by atoms with Crippen LogP contribution in [0.25, 0.3) is 0 Å². The molecule has 78 valence electrons. The number of aryl methyl sites for hydroxylation is 1. The van der Waals surface area contributed by atoms with Crippen molar-refractivity contribution < 1.29 is 4.74 Å². The van der Waals surface area contributed by atoms with E-state index in [9.17, 15) is 0 Å². The second-order valence-electron chi connectivity index (χ2n) is 3.40. The Morgan fingerprint density at radius 2 is 2.43 bits per heavy atom. The second-order valence-corrected chi connectivity index (χ2v) is 3.40. The number of halogens is 1. The van der Waals surface area contributed by atoms with E-state index in [0.29, 0.717) is 6.10 Å². The van der Waals surface area contributed by atoms with Crippen molar-refractivity contribution in [3.8, 4) is 5.88 Å². The molecule has 1 aliphatic rings. The van der Waals surface area contributed by atoms with Crippen LogP contribution < -0.4 is 10.1 Å². The van der Waals surface area contributed by atoms with E-state index in [1.807, 2.05) is 19.1 Å². The lowest BCUT2D eigenvalue weighted by atomic mass is 10.3. The summed E-state index contributed by atoms with van der Waals surface area (Å²) < 4.78 is 5.68. The van der Waals surface area contributed by atoms with Crippen molar-refractivity contribution in [2.24, 2.45) is 0 Å². The quantitative estimate of drug-likeness (QED) is 0.811. The Morgan fingerprint density at radius 3 is 3.07 bits per heavy atom. The Bertz CT molecular complexity index is 287. The van der Waals surface area contributed by atoms with Gasteiger partial charge in [-0.2, -0.15) is 0 Å². The average molecular weight is 215 g/mol. The van der Waals surface area contributed by atoms with Gasteiger partial charge in [-0.1, -0.05) is 0 Å². The Balaban J connectivity index is 0.000000980. The summed E-state index contributed by atoms with van der Waals surface area (Å²) in [7, 11) is 0. The summed E-state index contributed by atoms with van der Waals surface area (Å²) in [6, 6.07) is 3.94. The second kappa shape index (κ2) is 5.17. The fourth-order valence-electron chi connectivity index (χ4n) is 1.47. The zero-order valence-electron chi connectivity index (χ0n) is 8.19. The van der Waals surface area contributed by atoms with Crippen LogP contribution in [0.3, 0.4) is 0 Å². The summed E-state index contributed by atoms with van der Waals surface area (Å²) in [5.41, 5.74) is 1.19. The molecule has 3 nitrogen and oxygen atoms in total. The summed E-state index contributed by atoms with van der Waals surface area (Å²) >= 11 is 0. The fourth-order valence-corrected chi connectivity index (χ4v) is 1.47. The maximum Gasteiger partial charge on any atom is 0.213 e. The van der Waals surface area contributed by atoms with E-state index in [1.54, 1.807) is 6.20 Å². The molecule has 1 saturated heterocycles. The van der Waals surface area contributed by atoms with Crippen molar-refractivity contribution in [1.29, 1.82) is 0 Å². The molecule has 2 rings (SSSR count). The monoisotopic (exact) mass is 214 g/mol. The van der Waals surface area contributed by atoms with E-state index in [1.165, 1.54) is 5.56 Å². The van der Waals surface area contributed by atoms with Crippen molar-refractivity contribution in [2.45, 2.75) is 19.4 Å². The molecule has 0 spiro atoms. The van der Waals surface area contributed by atoms with Crippen LogP contribution in [0, 0.1) is 6.92 Å². The lowest BCUT2D eigenvalue weighted by Gasteiger charge is -2.11. The van der Waals surface area contributed by atoms with Crippen LogP contribution in [0.15, 0.2) is 18.3 Å². The number of rotatable bonds is 2. The third-order valence-electron chi connectivity index (χ3n) is 2.19. The highest BCUT2D eigenvalue weighted by molar-refractivity contribution is 5.85. The Hall–Kier alpha value is -0.800. The molecular formula is C10H15ClN2O. The van der Waals surface area contributed by atoms with E-state index in [4.69, 9.17) is 4.74 Å². The lowest BCUT2D eigenvalue weighted by molar-refractivity contribution is 0.214. The fraction of sp³-hybridized carbons (Fsp3) is 0.500. The highest BCUT2D eigenvalue weighted by Gasteiger charge is 2.15. The topological polar surface area (TPSA) is 34.1 Å². The SMILES string of the molecule is Cc1ccnc(O[C@@H]2CCNC2)c1.Cl. The van der Waals surface area contributed by atoms with Crippen LogP contribution in [-0.2, 0) is 0 Å². The van der Waals surface area contributed by atoms with Crippen molar-refractivity contribution in [2.75, 3.05) is 13.1 Å². The van der Waals surface area contributed by atoms with Crippen molar-refractivity contribution in [1.82, 2.24) is 10.3 Å². The first-order chi connectivity index (χ1) is 6.34. The van der Waals surface area contributed by atoms with Gasteiger partial charge in [-0.15, -0.1) is 12.4 Å². The summed E-state index contributed by atoms with van der Waals surface area (Å²) in [6.07, 6.45) is 3.16. The molecule has 1 N–H and O–H groups in total. The number of hydrogen-bond donors (Lipinski definition) is 1. The molecule has 0 amide bonds. The van der Waals surface area contributed by atoms with Gasteiger partial charge >= 0.3 is 0 Å². The van der Waals surface area contributed by atoms with Crippen LogP contribution in [0.2, 0.25) is 0 Å². The number of pyridine rings is 1. The maximum atomic E-state index is 5.68. The van der Waals surface area contributed by atoms with Gasteiger partial charge in [-0.25, -0.2) is 4.98 Å². The molecule has 2 heterocycles. The molecule has 1 fully saturated rings. The molecule has 0 radical (unpaired) electrons. The van der Waals surface area contributed by atoms with Crippen LogP contribution in [0.4, 0.5) is 0 Å². The molecule has 4 heteroatoms. The number of nitrogens with zero attached hydrogens (tertiary/aromatic N) is 1. The first-order valence-corrected chi connectivity index (χ1v) is 4.64. The minimum atomic E-state index is 0. The molecule has 1 aromatic heterocycles. The molecule has 1 aliphatic heterocycles. The van der Waals surface area contributed by atoms with Gasteiger partial charge in [0.15, 0.2) is 0 Å². The van der Waals surface area contributed by atoms with Gasteiger partial charge in [0, 0.05) is 18.8 Å². The van der Waals surface area contributed by atoms with E-state index in [-0.39, 0.29) is 12.4 Å². The summed E-state index contributed by atoms with van der Waals surface area (Å²) in [5.74, 6) is 0.744. The van der Waals surface area contributed by atoms with Gasteiger partial charge in [-0.05, 0) is 31.5 Å². The van der Waals surface area contributed by atoms with E-state index >= 15 is 0 Å². The van der Waals surface area contributed by atoms with Crippen LogP contribution in [0.5, 0.6) is 5.88 Å². The van der Waals surface area contributed by atoms with Crippen LogP contribution in [0.1, 0.15) is 12.0 Å². The molecule has 14 heavy (non-hydrogen) atoms. The van der Waals surface area contributed by atoms with Crippen molar-refractivity contribution in [3.05, 3.63) is 23.9 Å². The largest absolute Gasteiger partial charge is 0.473 e. The first-order valence-electron chi connectivity index (χ1n) is 4.64. The normalized spacial score (nSPS) is 20.2. The van der Waals surface area contributed by atoms with Crippen molar-refractivity contribution >= 4 is 12.4 Å². The number of hydrogen-bond acceptors (Lipinski definition) is 3. The molecule has 0 saturated carbocycles. The molecular weight excluding hydrogens is 200 g/mol. The third kappa shape index (κ3) is 2.86. The minimum absolute atomic E-state index is 0. The smallest absolute Gasteiger partial charge is 0.213 e. The van der Waals surface area contributed by atoms with Crippen LogP contribution in [-0.4, -0.2) is 24.2 Å². The van der Waals surface area contributed by atoms with Gasteiger partial charge in [0.25, 0.3) is 0 Å². The number of aromatic nitrogens is 1. The highest BCUT2D eigenvalue weighted by atomic mass is 35.5. The van der Waals surface area contributed by atoms with Gasteiger partial charge in [-0.3, -0.25) is 0 Å². The molecule has 0 bridgehead atoms. The van der Waals surface area contributed by atoms with Gasteiger partial charge in [0.05, 0.1) is 0 Å². The molecule has 0 aromatic carbocycles. The van der Waals surface area contributed by atoms with E-state index in [2.05, 4.69) is 10.3 Å². The molecule has 1 atom stereocenters. The summed E-state index contributed by atoms with van der Waals surface area (Å²) in [4.78, 5) is 4.15. The minimum Gasteiger partial charge on any atom is -0.473 e. The average Bonchev–Trinajstić information content (AvgIpc) is 2.57. The first kappa shape index (κ1) is 11.3. The predicted octanol–water partition coefficient (Wildman–Crippen LogP) is 1.55. The zero-order chi connectivity index (χ0) is 9.10. The number of ether oxygens (including phenoxy) is 1. The van der Waals surface area contributed by atoms with Crippen LogP contribution >= 0.6 is 12.4 Å². The van der Waals surface area contributed by atoms with Gasteiger partial charge in [0.2, 0.25) is 5.88 Å². The van der Waals surface area contributed by atoms with Gasteiger partial charge < -0.3 is 10.1 Å². The predicted molar refractivity (Wildman–Crippen MR) is 58.1 cm³/mol. The lowest BCUT2D eigenvalue weighted by Crippen LogP contribution is -2.20. The molecule has 0 aliphatic carbocycles. The summed E-state index contributed by atoms with van der Waals surface area (Å²) in [5, 5.41) is 3.25. The third-order valence-corrected chi connectivity index (χ3v) is 2.19. The Kier molecular flexibility index (Phi) is 4.17. The van der Waals surface area contributed by atoms with Gasteiger partial charge in [0.1, 0.15) is 6.10 Å². The zero-order valence-corrected chi connectivity index (χ0v) is 9.01. The molecule has 1 aromatic rings. The van der Waals surface area contributed by atoms with Crippen molar-refractivity contribution in [3.63, 3.8) is 0 Å². The standard InChI is InChI=1S/C10H14N2O.ClH/c1-8-2-5-12-10(6-8)13-9-3-4-11-7-9;/h2,5-6,9,11H,3-4,7H2,1H3;1H/t9-;/m1./s1. The Morgan fingerprint density at radius 1 is 1.57 bits per heavy atom. The molecule has 0 unspecified atom stereocenters. The maximum absolute atomic E-state index is 5.68. The van der Waals surface area contributed by atoms with E-state index < -0.39 is 0 Å². The summed E-state index contributed by atoms with van der Waals surface area (Å²) in [6.45, 7) is 4.04. The highest BCUT2D eigenvalue weighted by Crippen LogP contribution is 2.12.